The molecule has 0 spiro atoms. The maximum absolute atomic E-state index is 5.67. The van der Waals surface area contributed by atoms with E-state index in [-0.39, 0.29) is 6.10 Å². The molecule has 18 heavy (non-hydrogen) atoms. The minimum atomic E-state index is 0.250. The molecule has 0 amide bonds. The van der Waals surface area contributed by atoms with Crippen molar-refractivity contribution in [3.63, 3.8) is 0 Å². The lowest BCUT2D eigenvalue weighted by molar-refractivity contribution is 0.0569. The van der Waals surface area contributed by atoms with E-state index in [2.05, 4.69) is 56.1 Å². The van der Waals surface area contributed by atoms with E-state index in [4.69, 9.17) is 4.74 Å². The van der Waals surface area contributed by atoms with E-state index in [1.165, 1.54) is 10.8 Å². The number of pyridine rings is 1. The second kappa shape index (κ2) is 5.24. The Morgan fingerprint density at radius 3 is 3.11 bits per heavy atom. The Kier molecular flexibility index (Phi) is 3.48. The third-order valence-electron chi connectivity index (χ3n) is 3.26. The first-order chi connectivity index (χ1) is 8.88. The summed E-state index contributed by atoms with van der Waals surface area (Å²) in [4.78, 5) is 6.87. The molecule has 1 fully saturated rings. The Balaban J connectivity index is 1.98. The van der Waals surface area contributed by atoms with Gasteiger partial charge in [0.1, 0.15) is 5.82 Å². The Labute approximate surface area is 115 Å². The number of ether oxygens (including phenoxy) is 1. The summed E-state index contributed by atoms with van der Waals surface area (Å²) >= 11 is 3.49. The van der Waals surface area contributed by atoms with Crippen LogP contribution in [0.4, 0.5) is 5.82 Å². The molecular weight excluding hydrogens is 292 g/mol. The van der Waals surface area contributed by atoms with Crippen molar-refractivity contribution in [1.82, 2.24) is 4.98 Å². The molecule has 4 heteroatoms. The number of rotatable bonds is 2. The number of alkyl halides is 1. The summed E-state index contributed by atoms with van der Waals surface area (Å²) in [6.45, 7) is 2.57. The maximum atomic E-state index is 5.67. The molecule has 2 heterocycles. The molecule has 2 aromatic rings. The number of aromatic nitrogens is 1. The van der Waals surface area contributed by atoms with E-state index >= 15 is 0 Å². The van der Waals surface area contributed by atoms with E-state index in [9.17, 15) is 0 Å². The normalized spacial score (nSPS) is 20.3. The summed E-state index contributed by atoms with van der Waals surface area (Å²) < 4.78 is 5.67. The number of morpholine rings is 1. The molecule has 0 saturated carbocycles. The van der Waals surface area contributed by atoms with Gasteiger partial charge in [0.15, 0.2) is 0 Å². The predicted molar refractivity (Wildman–Crippen MR) is 77.5 cm³/mol. The molecule has 0 N–H and O–H groups in total. The van der Waals surface area contributed by atoms with Gasteiger partial charge in [-0.3, -0.25) is 0 Å². The van der Waals surface area contributed by atoms with Gasteiger partial charge in [0, 0.05) is 30.0 Å². The number of hydrogen-bond acceptors (Lipinski definition) is 3. The van der Waals surface area contributed by atoms with E-state index in [0.717, 1.165) is 30.8 Å². The summed E-state index contributed by atoms with van der Waals surface area (Å²) in [7, 11) is 0. The molecule has 1 aliphatic rings. The molecule has 1 saturated heterocycles. The number of hydrogen-bond donors (Lipinski definition) is 0. The van der Waals surface area contributed by atoms with Crippen molar-refractivity contribution in [2.45, 2.75) is 6.10 Å². The summed E-state index contributed by atoms with van der Waals surface area (Å²) in [5.74, 6) is 1.07. The molecule has 1 aromatic carbocycles. The van der Waals surface area contributed by atoms with Crippen LogP contribution in [-0.4, -0.2) is 36.1 Å². The second-order valence-electron chi connectivity index (χ2n) is 4.45. The fraction of sp³-hybridized carbons (Fsp3) is 0.357. The van der Waals surface area contributed by atoms with Crippen molar-refractivity contribution < 1.29 is 4.74 Å². The van der Waals surface area contributed by atoms with Crippen LogP contribution in [-0.2, 0) is 4.74 Å². The standard InChI is InChI=1S/C14H15BrN2O/c15-9-12-10-17(7-8-18-12)14-13-4-2-1-3-11(13)5-6-16-14/h1-6,12H,7-10H2. The van der Waals surface area contributed by atoms with Gasteiger partial charge in [-0.1, -0.05) is 40.2 Å². The van der Waals surface area contributed by atoms with Gasteiger partial charge in [0.05, 0.1) is 12.7 Å². The van der Waals surface area contributed by atoms with Crippen LogP contribution in [0.5, 0.6) is 0 Å². The maximum Gasteiger partial charge on any atom is 0.136 e. The number of fused-ring (bicyclic) bond motifs is 1. The lowest BCUT2D eigenvalue weighted by atomic mass is 10.1. The molecule has 1 unspecified atom stereocenters. The molecule has 0 radical (unpaired) electrons. The molecule has 0 aliphatic carbocycles. The summed E-state index contributed by atoms with van der Waals surface area (Å²) in [5, 5.41) is 3.33. The monoisotopic (exact) mass is 306 g/mol. The largest absolute Gasteiger partial charge is 0.374 e. The molecule has 1 atom stereocenters. The van der Waals surface area contributed by atoms with Crippen molar-refractivity contribution in [2.75, 3.05) is 29.9 Å². The SMILES string of the molecule is BrCC1CN(c2nccc3ccccc23)CCO1. The average Bonchev–Trinajstić information content (AvgIpc) is 2.47. The van der Waals surface area contributed by atoms with Gasteiger partial charge >= 0.3 is 0 Å². The molecular formula is C14H15BrN2O. The summed E-state index contributed by atoms with van der Waals surface area (Å²) in [6.07, 6.45) is 2.13. The molecule has 0 bridgehead atoms. The number of nitrogens with zero attached hydrogens (tertiary/aromatic N) is 2. The third-order valence-corrected chi connectivity index (χ3v) is 3.99. The van der Waals surface area contributed by atoms with Crippen LogP contribution >= 0.6 is 15.9 Å². The molecule has 1 aromatic heterocycles. The lowest BCUT2D eigenvalue weighted by Crippen LogP contribution is -2.43. The summed E-state index contributed by atoms with van der Waals surface area (Å²) in [5.41, 5.74) is 0. The van der Waals surface area contributed by atoms with Gasteiger partial charge < -0.3 is 9.64 Å². The van der Waals surface area contributed by atoms with Gasteiger partial charge in [-0.05, 0) is 11.5 Å². The van der Waals surface area contributed by atoms with E-state index in [1.807, 2.05) is 6.20 Å². The highest BCUT2D eigenvalue weighted by Crippen LogP contribution is 2.25. The number of anilines is 1. The Morgan fingerprint density at radius 2 is 2.22 bits per heavy atom. The third kappa shape index (κ3) is 2.22. The van der Waals surface area contributed by atoms with Crippen molar-refractivity contribution >= 4 is 32.5 Å². The predicted octanol–water partition coefficient (Wildman–Crippen LogP) is 2.83. The summed E-state index contributed by atoms with van der Waals surface area (Å²) in [6, 6.07) is 10.4. The minimum Gasteiger partial charge on any atom is -0.374 e. The Bertz CT molecular complexity index is 541. The van der Waals surface area contributed by atoms with Crippen LogP contribution in [0.3, 0.4) is 0 Å². The van der Waals surface area contributed by atoms with Gasteiger partial charge in [0.2, 0.25) is 0 Å². The average molecular weight is 307 g/mol. The zero-order valence-corrected chi connectivity index (χ0v) is 11.6. The van der Waals surface area contributed by atoms with Gasteiger partial charge in [-0.15, -0.1) is 0 Å². The molecule has 1 aliphatic heterocycles. The van der Waals surface area contributed by atoms with Crippen molar-refractivity contribution in [1.29, 1.82) is 0 Å². The highest BCUT2D eigenvalue weighted by atomic mass is 79.9. The van der Waals surface area contributed by atoms with Crippen LogP contribution in [0.1, 0.15) is 0 Å². The van der Waals surface area contributed by atoms with Crippen molar-refractivity contribution in [3.8, 4) is 0 Å². The first-order valence-electron chi connectivity index (χ1n) is 6.15. The van der Waals surface area contributed by atoms with E-state index in [0.29, 0.717) is 0 Å². The van der Waals surface area contributed by atoms with Gasteiger partial charge in [-0.2, -0.15) is 0 Å². The Hall–Kier alpha value is -1.13. The highest BCUT2D eigenvalue weighted by molar-refractivity contribution is 9.09. The van der Waals surface area contributed by atoms with Crippen LogP contribution in [0.15, 0.2) is 36.5 Å². The first-order valence-corrected chi connectivity index (χ1v) is 7.27. The number of halogens is 1. The smallest absolute Gasteiger partial charge is 0.136 e. The van der Waals surface area contributed by atoms with Gasteiger partial charge in [0.25, 0.3) is 0 Å². The van der Waals surface area contributed by atoms with E-state index < -0.39 is 0 Å². The second-order valence-corrected chi connectivity index (χ2v) is 5.10. The molecule has 3 rings (SSSR count). The number of benzene rings is 1. The minimum absolute atomic E-state index is 0.250. The van der Waals surface area contributed by atoms with E-state index in [1.54, 1.807) is 0 Å². The fourth-order valence-corrected chi connectivity index (χ4v) is 2.75. The Morgan fingerprint density at radius 1 is 1.33 bits per heavy atom. The van der Waals surface area contributed by atoms with Gasteiger partial charge in [-0.25, -0.2) is 4.98 Å². The highest BCUT2D eigenvalue weighted by Gasteiger charge is 2.21. The van der Waals surface area contributed by atoms with Crippen LogP contribution < -0.4 is 4.90 Å². The van der Waals surface area contributed by atoms with Crippen LogP contribution in [0, 0.1) is 0 Å². The quantitative estimate of drug-likeness (QED) is 0.798. The van der Waals surface area contributed by atoms with Crippen molar-refractivity contribution in [3.05, 3.63) is 36.5 Å². The van der Waals surface area contributed by atoms with Crippen LogP contribution in [0.2, 0.25) is 0 Å². The lowest BCUT2D eigenvalue weighted by Gasteiger charge is -2.33. The topological polar surface area (TPSA) is 25.4 Å². The molecule has 94 valence electrons. The fourth-order valence-electron chi connectivity index (χ4n) is 2.36. The zero-order valence-electron chi connectivity index (χ0n) is 10.1. The molecule has 3 nitrogen and oxygen atoms in total. The van der Waals surface area contributed by atoms with Crippen molar-refractivity contribution in [2.24, 2.45) is 0 Å². The van der Waals surface area contributed by atoms with Crippen LogP contribution in [0.25, 0.3) is 10.8 Å². The zero-order chi connectivity index (χ0) is 12.4. The first kappa shape index (κ1) is 11.9.